The zero-order chi connectivity index (χ0) is 15.1. The lowest BCUT2D eigenvalue weighted by Crippen LogP contribution is -2.46. The molecular weight excluding hydrogens is 278 g/mol. The van der Waals surface area contributed by atoms with Crippen LogP contribution >= 0.6 is 0 Å². The van der Waals surface area contributed by atoms with E-state index < -0.39 is 0 Å². The van der Waals surface area contributed by atoms with Crippen molar-refractivity contribution < 1.29 is 4.42 Å². The van der Waals surface area contributed by atoms with Gasteiger partial charge in [-0.3, -0.25) is 4.79 Å². The van der Waals surface area contributed by atoms with Gasteiger partial charge in [0.1, 0.15) is 11.2 Å². The summed E-state index contributed by atoms with van der Waals surface area (Å²) in [5, 5.41) is 0. The third-order valence-corrected chi connectivity index (χ3v) is 4.21. The van der Waals surface area contributed by atoms with Gasteiger partial charge in [-0.25, -0.2) is 4.98 Å². The van der Waals surface area contributed by atoms with Gasteiger partial charge in [-0.05, 0) is 25.2 Å². The monoisotopic (exact) mass is 295 g/mol. The minimum absolute atomic E-state index is 0.00196. The Morgan fingerprint density at radius 3 is 2.68 bits per heavy atom. The summed E-state index contributed by atoms with van der Waals surface area (Å²) in [5.41, 5.74) is 2.95. The molecule has 0 atom stereocenters. The van der Waals surface area contributed by atoms with Crippen LogP contribution in [0.2, 0.25) is 0 Å². The number of benzene rings is 2. The fraction of sp³-hybridized carbons (Fsp3) is 0.294. The van der Waals surface area contributed by atoms with Gasteiger partial charge >= 0.3 is 0 Å². The fourth-order valence-corrected chi connectivity index (χ4v) is 2.89. The second-order valence-electron chi connectivity index (χ2n) is 5.76. The number of hydrogen-bond acceptors (Lipinski definition) is 5. The summed E-state index contributed by atoms with van der Waals surface area (Å²) in [5.74, 6) is 0.543. The van der Waals surface area contributed by atoms with Crippen LogP contribution in [0.5, 0.6) is 0 Å². The van der Waals surface area contributed by atoms with Gasteiger partial charge in [0, 0.05) is 32.2 Å². The molecule has 0 spiro atoms. The van der Waals surface area contributed by atoms with E-state index >= 15 is 0 Å². The van der Waals surface area contributed by atoms with Crippen LogP contribution in [-0.2, 0) is 0 Å². The van der Waals surface area contributed by atoms with E-state index in [0.29, 0.717) is 11.3 Å². The molecule has 1 aliphatic carbocycles. The van der Waals surface area contributed by atoms with E-state index in [0.717, 1.165) is 43.1 Å². The maximum absolute atomic E-state index is 12.4. The molecule has 0 bridgehead atoms. The third kappa shape index (κ3) is 2.23. The molecule has 112 valence electrons. The fourth-order valence-electron chi connectivity index (χ4n) is 2.89. The number of anilines is 1. The normalized spacial score (nSPS) is 16.5. The van der Waals surface area contributed by atoms with E-state index in [2.05, 4.69) is 21.8 Å². The quantitative estimate of drug-likeness (QED) is 0.643. The Hall–Kier alpha value is -2.40. The van der Waals surface area contributed by atoms with Crippen LogP contribution in [0.25, 0.3) is 22.6 Å². The zero-order valence-electron chi connectivity index (χ0n) is 12.5. The average Bonchev–Trinajstić information content (AvgIpc) is 2.53. The molecule has 0 aromatic heterocycles. The van der Waals surface area contributed by atoms with Gasteiger partial charge in [0.25, 0.3) is 0 Å². The van der Waals surface area contributed by atoms with Crippen LogP contribution in [0, 0.1) is 0 Å². The number of piperazine rings is 1. The van der Waals surface area contributed by atoms with Crippen LogP contribution in [-0.4, -0.2) is 43.1 Å². The summed E-state index contributed by atoms with van der Waals surface area (Å²) >= 11 is 0. The van der Waals surface area contributed by atoms with Gasteiger partial charge < -0.3 is 14.2 Å². The highest BCUT2D eigenvalue weighted by Crippen LogP contribution is 2.26. The summed E-state index contributed by atoms with van der Waals surface area (Å²) < 4.78 is 5.80. The largest absolute Gasteiger partial charge is 0.453 e. The highest BCUT2D eigenvalue weighted by molar-refractivity contribution is 5.77. The van der Waals surface area contributed by atoms with Crippen LogP contribution in [0.15, 0.2) is 45.6 Å². The molecule has 3 aliphatic rings. The van der Waals surface area contributed by atoms with Crippen LogP contribution in [0.4, 0.5) is 5.69 Å². The number of fused-ring (bicyclic) bond motifs is 2. The van der Waals surface area contributed by atoms with Gasteiger partial charge in [0.05, 0.1) is 5.69 Å². The second-order valence-corrected chi connectivity index (χ2v) is 5.76. The summed E-state index contributed by atoms with van der Waals surface area (Å²) in [6, 6.07) is 11.0. The van der Waals surface area contributed by atoms with E-state index in [1.807, 2.05) is 30.3 Å². The Labute approximate surface area is 128 Å². The molecule has 2 aliphatic heterocycles. The lowest BCUT2D eigenvalue weighted by atomic mass is 10.1. The molecule has 0 radical (unpaired) electrons. The molecule has 0 saturated carbocycles. The lowest BCUT2D eigenvalue weighted by molar-refractivity contribution is 0.312. The topological polar surface area (TPSA) is 49.6 Å². The lowest BCUT2D eigenvalue weighted by Gasteiger charge is -2.33. The summed E-state index contributed by atoms with van der Waals surface area (Å²) in [4.78, 5) is 21.4. The maximum Gasteiger partial charge on any atom is 0.205 e. The van der Waals surface area contributed by atoms with E-state index in [1.165, 1.54) is 0 Å². The molecule has 1 fully saturated rings. The molecule has 0 amide bonds. The molecule has 2 heterocycles. The van der Waals surface area contributed by atoms with Crippen LogP contribution in [0.1, 0.15) is 0 Å². The highest BCUT2D eigenvalue weighted by Gasteiger charge is 2.20. The Morgan fingerprint density at radius 1 is 1.09 bits per heavy atom. The molecule has 5 nitrogen and oxygen atoms in total. The van der Waals surface area contributed by atoms with E-state index in [9.17, 15) is 4.79 Å². The average molecular weight is 295 g/mol. The Kier molecular flexibility index (Phi) is 3.08. The van der Waals surface area contributed by atoms with Gasteiger partial charge in [-0.15, -0.1) is 0 Å². The van der Waals surface area contributed by atoms with E-state index in [4.69, 9.17) is 4.42 Å². The first kappa shape index (κ1) is 13.3. The number of hydrogen-bond donors (Lipinski definition) is 0. The van der Waals surface area contributed by atoms with Gasteiger partial charge in [0.2, 0.25) is 5.43 Å². The Balaban J connectivity index is 1.83. The van der Waals surface area contributed by atoms with Crippen molar-refractivity contribution in [2.24, 2.45) is 0 Å². The van der Waals surface area contributed by atoms with E-state index in [-0.39, 0.29) is 5.43 Å². The maximum atomic E-state index is 12.4. The molecule has 0 unspecified atom stereocenters. The minimum Gasteiger partial charge on any atom is -0.453 e. The zero-order valence-corrected chi connectivity index (χ0v) is 12.5. The van der Waals surface area contributed by atoms with Gasteiger partial charge in [0.15, 0.2) is 11.3 Å². The van der Waals surface area contributed by atoms with Crippen molar-refractivity contribution in [3.63, 3.8) is 0 Å². The third-order valence-electron chi connectivity index (χ3n) is 4.21. The first-order valence-corrected chi connectivity index (χ1v) is 7.48. The molecular formula is C17H17N3O2. The van der Waals surface area contributed by atoms with Crippen molar-refractivity contribution in [1.29, 1.82) is 0 Å². The van der Waals surface area contributed by atoms with Crippen LogP contribution < -0.4 is 10.3 Å². The first-order chi connectivity index (χ1) is 10.7. The van der Waals surface area contributed by atoms with Crippen molar-refractivity contribution in [3.8, 4) is 11.5 Å². The van der Waals surface area contributed by atoms with Gasteiger partial charge in [-0.1, -0.05) is 12.1 Å². The molecule has 4 rings (SSSR count). The Bertz CT molecular complexity index is 850. The van der Waals surface area contributed by atoms with Crippen molar-refractivity contribution in [2.45, 2.75) is 0 Å². The number of para-hydroxylation sites is 2. The molecule has 1 aromatic carbocycles. The molecule has 1 aromatic rings. The van der Waals surface area contributed by atoms with Crippen LogP contribution in [0.3, 0.4) is 0 Å². The van der Waals surface area contributed by atoms with E-state index in [1.54, 1.807) is 6.07 Å². The predicted octanol–water partition coefficient (Wildman–Crippen LogP) is 2.04. The predicted molar refractivity (Wildman–Crippen MR) is 86.6 cm³/mol. The first-order valence-electron chi connectivity index (χ1n) is 7.48. The second kappa shape index (κ2) is 5.10. The number of nitrogens with zero attached hydrogens (tertiary/aromatic N) is 3. The molecule has 0 N–H and O–H groups in total. The number of likely N-dealkylation sites (N-methyl/N-ethyl adjacent to an activating group) is 1. The summed E-state index contributed by atoms with van der Waals surface area (Å²) in [7, 11) is 2.10. The van der Waals surface area contributed by atoms with Crippen molar-refractivity contribution >= 4 is 16.8 Å². The van der Waals surface area contributed by atoms with Crippen molar-refractivity contribution in [3.05, 3.63) is 46.6 Å². The Morgan fingerprint density at radius 2 is 1.86 bits per heavy atom. The molecule has 1 saturated heterocycles. The molecule has 22 heavy (non-hydrogen) atoms. The highest BCUT2D eigenvalue weighted by atomic mass is 16.3. The van der Waals surface area contributed by atoms with Gasteiger partial charge in [-0.2, -0.15) is 0 Å². The molecule has 5 heteroatoms. The number of rotatable bonds is 1. The van der Waals surface area contributed by atoms with Crippen molar-refractivity contribution in [1.82, 2.24) is 9.88 Å². The number of aromatic nitrogens is 1. The minimum atomic E-state index is -0.00196. The van der Waals surface area contributed by atoms with Crippen molar-refractivity contribution in [2.75, 3.05) is 38.1 Å². The smallest absolute Gasteiger partial charge is 0.205 e. The standard InChI is InChI=1S/C17H17N3O2/c1-19-6-8-20(9-7-19)14-10-13-17(11-15(14)21)22-16-5-3-2-4-12(16)18-13/h2-5,10-11H,6-9H2,1H3. The summed E-state index contributed by atoms with van der Waals surface area (Å²) in [6.07, 6.45) is 0. The SMILES string of the molecule is CN1CCN(c2cc3nc4ccccc4oc-3cc2=O)CC1. The summed E-state index contributed by atoms with van der Waals surface area (Å²) in [6.45, 7) is 3.66.